The van der Waals surface area contributed by atoms with Crippen molar-refractivity contribution in [3.05, 3.63) is 24.2 Å². The fourth-order valence-corrected chi connectivity index (χ4v) is 3.60. The molecule has 1 aliphatic rings. The number of nitrogens with one attached hydrogen (secondary N) is 2. The summed E-state index contributed by atoms with van der Waals surface area (Å²) >= 11 is 0. The van der Waals surface area contributed by atoms with Crippen LogP contribution in [0.4, 0.5) is 5.69 Å². The minimum atomic E-state index is 0.498. The van der Waals surface area contributed by atoms with Crippen LogP contribution in [-0.4, -0.2) is 57.0 Å². The molecular weight excluding hydrogens is 302 g/mol. The highest BCUT2D eigenvalue weighted by atomic mass is 15.3. The van der Waals surface area contributed by atoms with Crippen LogP contribution in [0.5, 0.6) is 0 Å². The number of hydrogen-bond acceptors (Lipinski definition) is 5. The number of rotatable bonds is 4. The van der Waals surface area contributed by atoms with Gasteiger partial charge in [0.15, 0.2) is 0 Å². The molecule has 1 saturated heterocycles. The second kappa shape index (κ2) is 5.90. The van der Waals surface area contributed by atoms with E-state index in [1.54, 1.807) is 6.20 Å². The third-order valence-corrected chi connectivity index (χ3v) is 4.91. The predicted molar refractivity (Wildman–Crippen MR) is 95.2 cm³/mol. The lowest BCUT2D eigenvalue weighted by molar-refractivity contribution is 0.410. The molecule has 4 heterocycles. The van der Waals surface area contributed by atoms with Crippen molar-refractivity contribution < 1.29 is 0 Å². The molecule has 1 unspecified atom stereocenters. The Morgan fingerprint density at radius 2 is 2.25 bits per heavy atom. The molecule has 1 fully saturated rings. The van der Waals surface area contributed by atoms with E-state index in [1.165, 1.54) is 17.5 Å². The van der Waals surface area contributed by atoms with Crippen LogP contribution in [0.2, 0.25) is 0 Å². The van der Waals surface area contributed by atoms with E-state index < -0.39 is 0 Å². The Morgan fingerprint density at radius 1 is 1.38 bits per heavy atom. The molecule has 0 bridgehead atoms. The first-order chi connectivity index (χ1) is 11.7. The Kier molecular flexibility index (Phi) is 3.72. The van der Waals surface area contributed by atoms with E-state index in [-0.39, 0.29) is 0 Å². The molecule has 0 spiro atoms. The monoisotopic (exact) mass is 325 g/mol. The maximum Gasteiger partial charge on any atom is 0.107 e. The van der Waals surface area contributed by atoms with Gasteiger partial charge in [0.05, 0.1) is 28.8 Å². The summed E-state index contributed by atoms with van der Waals surface area (Å²) in [6.07, 6.45) is 4.91. The number of H-pyrrole nitrogens is 1. The minimum absolute atomic E-state index is 0.498. The zero-order chi connectivity index (χ0) is 16.7. The van der Waals surface area contributed by atoms with Gasteiger partial charge >= 0.3 is 0 Å². The Morgan fingerprint density at radius 3 is 2.96 bits per heavy atom. The summed E-state index contributed by atoms with van der Waals surface area (Å²) in [4.78, 5) is 7.05. The molecule has 126 valence electrons. The largest absolute Gasteiger partial charge is 0.385 e. The molecule has 7 heteroatoms. The second-order valence-electron chi connectivity index (χ2n) is 6.44. The Bertz CT molecular complexity index is 863. The Hall–Kier alpha value is -2.41. The second-order valence-corrected chi connectivity index (χ2v) is 6.44. The van der Waals surface area contributed by atoms with Crippen molar-refractivity contribution in [2.24, 2.45) is 0 Å². The van der Waals surface area contributed by atoms with Gasteiger partial charge in [-0.25, -0.2) is 0 Å². The number of fused-ring (bicyclic) bond motifs is 1. The van der Waals surface area contributed by atoms with Crippen LogP contribution in [0.15, 0.2) is 18.5 Å². The van der Waals surface area contributed by atoms with Crippen LogP contribution in [0, 0.1) is 0 Å². The third kappa shape index (κ3) is 2.36. The summed E-state index contributed by atoms with van der Waals surface area (Å²) in [5.74, 6) is 0.498. The molecule has 0 amide bonds. The summed E-state index contributed by atoms with van der Waals surface area (Å²) < 4.78 is 2.09. The summed E-state index contributed by atoms with van der Waals surface area (Å²) in [6.45, 7) is 5.19. The van der Waals surface area contributed by atoms with Crippen molar-refractivity contribution in [2.75, 3.05) is 32.5 Å². The number of aromatic amines is 1. The number of nitrogens with zero attached hydrogens (tertiary/aromatic N) is 5. The summed E-state index contributed by atoms with van der Waals surface area (Å²) in [7, 11) is 4.06. The minimum Gasteiger partial charge on any atom is -0.385 e. The Labute approximate surface area is 141 Å². The van der Waals surface area contributed by atoms with E-state index in [0.717, 1.165) is 42.2 Å². The summed E-state index contributed by atoms with van der Waals surface area (Å²) in [5.41, 5.74) is 5.07. The van der Waals surface area contributed by atoms with Gasteiger partial charge in [0.2, 0.25) is 0 Å². The van der Waals surface area contributed by atoms with Crippen LogP contribution in [0.1, 0.15) is 25.0 Å². The van der Waals surface area contributed by atoms with Gasteiger partial charge in [-0.2, -0.15) is 10.2 Å². The van der Waals surface area contributed by atoms with Crippen molar-refractivity contribution in [3.8, 4) is 11.4 Å². The molecule has 0 radical (unpaired) electrons. The van der Waals surface area contributed by atoms with Crippen LogP contribution >= 0.6 is 0 Å². The van der Waals surface area contributed by atoms with Gasteiger partial charge in [-0.3, -0.25) is 14.8 Å². The number of aromatic nitrogens is 5. The highest BCUT2D eigenvalue weighted by Crippen LogP contribution is 2.33. The zero-order valence-corrected chi connectivity index (χ0v) is 14.4. The maximum absolute atomic E-state index is 4.90. The molecule has 0 aromatic carbocycles. The smallest absolute Gasteiger partial charge is 0.107 e. The summed E-state index contributed by atoms with van der Waals surface area (Å²) in [5, 5.41) is 16.4. The van der Waals surface area contributed by atoms with Crippen molar-refractivity contribution in [1.29, 1.82) is 0 Å². The van der Waals surface area contributed by atoms with E-state index in [9.17, 15) is 0 Å². The molecule has 3 aromatic rings. The highest BCUT2D eigenvalue weighted by molar-refractivity contribution is 5.86. The average molecular weight is 325 g/mol. The van der Waals surface area contributed by atoms with Gasteiger partial charge in [0, 0.05) is 37.6 Å². The predicted octanol–water partition coefficient (Wildman–Crippen LogP) is 2.30. The van der Waals surface area contributed by atoms with Crippen molar-refractivity contribution in [3.63, 3.8) is 0 Å². The molecule has 7 nitrogen and oxygen atoms in total. The highest BCUT2D eigenvalue weighted by Gasteiger charge is 2.26. The fourth-order valence-electron chi connectivity index (χ4n) is 3.60. The molecule has 3 aromatic heterocycles. The molecule has 1 aliphatic heterocycles. The topological polar surface area (TPSA) is 74.7 Å². The number of aryl methyl sites for hydroxylation is 1. The van der Waals surface area contributed by atoms with Crippen molar-refractivity contribution in [2.45, 2.75) is 25.8 Å². The molecule has 0 saturated carbocycles. The lowest BCUT2D eigenvalue weighted by Gasteiger charge is -2.08. The van der Waals surface area contributed by atoms with Crippen LogP contribution in [0.3, 0.4) is 0 Å². The van der Waals surface area contributed by atoms with Crippen LogP contribution < -0.4 is 5.32 Å². The van der Waals surface area contributed by atoms with E-state index in [0.29, 0.717) is 5.92 Å². The van der Waals surface area contributed by atoms with Crippen LogP contribution in [0.25, 0.3) is 22.3 Å². The molecule has 1 atom stereocenters. The van der Waals surface area contributed by atoms with Gasteiger partial charge < -0.3 is 10.2 Å². The van der Waals surface area contributed by atoms with Gasteiger partial charge in [0.25, 0.3) is 0 Å². The van der Waals surface area contributed by atoms with E-state index in [4.69, 9.17) is 5.10 Å². The third-order valence-electron chi connectivity index (χ3n) is 4.91. The number of anilines is 1. The van der Waals surface area contributed by atoms with E-state index in [2.05, 4.69) is 50.1 Å². The first-order valence-corrected chi connectivity index (χ1v) is 8.47. The number of hydrogen-bond donors (Lipinski definition) is 2. The molecule has 0 aliphatic carbocycles. The average Bonchev–Trinajstić information content (AvgIpc) is 3.31. The maximum atomic E-state index is 4.90. The molecule has 2 N–H and O–H groups in total. The van der Waals surface area contributed by atoms with Crippen molar-refractivity contribution in [1.82, 2.24) is 29.9 Å². The van der Waals surface area contributed by atoms with E-state index >= 15 is 0 Å². The molecule has 24 heavy (non-hydrogen) atoms. The van der Waals surface area contributed by atoms with Crippen LogP contribution in [-0.2, 0) is 6.54 Å². The lowest BCUT2D eigenvalue weighted by Crippen LogP contribution is -2.13. The number of likely N-dealkylation sites (tertiary alicyclic amines) is 1. The number of likely N-dealkylation sites (N-methyl/N-ethyl adjacent to an activating group) is 1. The SMILES string of the molecule is CCn1nc(C2CCN(C)C2)c2cnc(-c3[nH]ncc3NC)cc21. The van der Waals surface area contributed by atoms with Crippen molar-refractivity contribution >= 4 is 16.6 Å². The Balaban J connectivity index is 1.82. The first kappa shape index (κ1) is 15.1. The standard InChI is InChI=1S/C17H23N7/c1-4-24-15-7-13(17-14(18-2)9-20-21-17)19-8-12(15)16(22-24)11-5-6-23(3)10-11/h7-9,11,18H,4-6,10H2,1-3H3,(H,20,21). The summed E-state index contributed by atoms with van der Waals surface area (Å²) in [6, 6.07) is 2.11. The van der Waals surface area contributed by atoms with Gasteiger partial charge in [-0.05, 0) is 33.0 Å². The molecular formula is C17H23N7. The molecule has 4 rings (SSSR count). The fraction of sp³-hybridized carbons (Fsp3) is 0.471. The quantitative estimate of drug-likeness (QED) is 0.770. The van der Waals surface area contributed by atoms with Gasteiger partial charge in [0.1, 0.15) is 5.69 Å². The number of pyridine rings is 1. The first-order valence-electron chi connectivity index (χ1n) is 8.47. The zero-order valence-electron chi connectivity index (χ0n) is 14.4. The van der Waals surface area contributed by atoms with Gasteiger partial charge in [-0.15, -0.1) is 0 Å². The normalized spacial score (nSPS) is 18.5. The van der Waals surface area contributed by atoms with E-state index in [1.807, 2.05) is 13.2 Å². The lowest BCUT2D eigenvalue weighted by atomic mass is 10.0. The van der Waals surface area contributed by atoms with Gasteiger partial charge in [-0.1, -0.05) is 0 Å².